The van der Waals surface area contributed by atoms with E-state index in [0.29, 0.717) is 22.3 Å². The minimum atomic E-state index is -0.591. The van der Waals surface area contributed by atoms with Crippen LogP contribution in [0.3, 0.4) is 0 Å². The molecular formula is C16H20Cl2N2O2. The minimum Gasteiger partial charge on any atom is -0.393 e. The average molecular weight is 343 g/mol. The fourth-order valence-corrected chi connectivity index (χ4v) is 4.79. The van der Waals surface area contributed by atoms with Crippen molar-refractivity contribution in [3.63, 3.8) is 0 Å². The van der Waals surface area contributed by atoms with Gasteiger partial charge < -0.3 is 10.4 Å². The fourth-order valence-electron chi connectivity index (χ4n) is 4.36. The van der Waals surface area contributed by atoms with Crippen LogP contribution in [-0.2, 0) is 4.79 Å². The standard InChI is InChI=1S/C16H20Cl2N2O2/c1-14(2)15(3)4-5-16(14,7-11(15)21)13(22)20-12-10(18)6-9(17)8-19-12/h6,8,11,21H,4-5,7H2,1-3H3,(H,19,20,22)/t11-,15-,16+/m1/s1. The molecule has 0 unspecified atom stereocenters. The highest BCUT2D eigenvalue weighted by molar-refractivity contribution is 6.36. The molecule has 0 aliphatic heterocycles. The van der Waals surface area contributed by atoms with E-state index in [1.165, 1.54) is 6.20 Å². The highest BCUT2D eigenvalue weighted by Gasteiger charge is 2.72. The van der Waals surface area contributed by atoms with E-state index in [0.717, 1.165) is 12.8 Å². The number of aliphatic hydroxyl groups excluding tert-OH is 1. The largest absolute Gasteiger partial charge is 0.393 e. The first-order chi connectivity index (χ1) is 10.1. The van der Waals surface area contributed by atoms with Gasteiger partial charge in [0.05, 0.1) is 21.6 Å². The maximum Gasteiger partial charge on any atom is 0.232 e. The van der Waals surface area contributed by atoms with Gasteiger partial charge in [0, 0.05) is 6.20 Å². The smallest absolute Gasteiger partial charge is 0.232 e. The van der Waals surface area contributed by atoms with Crippen LogP contribution in [-0.4, -0.2) is 22.1 Å². The summed E-state index contributed by atoms with van der Waals surface area (Å²) in [6, 6.07) is 1.55. The molecule has 1 aromatic rings. The minimum absolute atomic E-state index is 0.116. The number of hydrogen-bond donors (Lipinski definition) is 2. The van der Waals surface area contributed by atoms with E-state index in [4.69, 9.17) is 23.2 Å². The average Bonchev–Trinajstić information content (AvgIpc) is 2.72. The quantitative estimate of drug-likeness (QED) is 0.856. The van der Waals surface area contributed by atoms with Crippen LogP contribution in [0.25, 0.3) is 0 Å². The number of nitrogens with zero attached hydrogens (tertiary/aromatic N) is 1. The number of rotatable bonds is 2. The molecule has 2 fully saturated rings. The Kier molecular flexibility index (Phi) is 3.52. The van der Waals surface area contributed by atoms with E-state index in [1.807, 2.05) is 0 Å². The molecule has 2 N–H and O–H groups in total. The highest BCUT2D eigenvalue weighted by atomic mass is 35.5. The van der Waals surface area contributed by atoms with Crippen molar-refractivity contribution < 1.29 is 9.90 Å². The Bertz CT molecular complexity index is 649. The molecule has 2 saturated carbocycles. The van der Waals surface area contributed by atoms with Crippen molar-refractivity contribution in [3.8, 4) is 0 Å². The Balaban J connectivity index is 1.93. The van der Waals surface area contributed by atoms with Gasteiger partial charge in [0.15, 0.2) is 5.82 Å². The molecule has 3 atom stereocenters. The van der Waals surface area contributed by atoms with E-state index in [9.17, 15) is 9.90 Å². The number of pyridine rings is 1. The number of fused-ring (bicyclic) bond motifs is 2. The summed E-state index contributed by atoms with van der Waals surface area (Å²) in [6.45, 7) is 6.23. The first-order valence-corrected chi connectivity index (χ1v) is 8.20. The van der Waals surface area contributed by atoms with Gasteiger partial charge in [-0.3, -0.25) is 4.79 Å². The number of nitrogens with one attached hydrogen (secondary N) is 1. The van der Waals surface area contributed by atoms with Gasteiger partial charge in [-0.1, -0.05) is 44.0 Å². The Morgan fingerprint density at radius 2 is 2.05 bits per heavy atom. The topological polar surface area (TPSA) is 62.2 Å². The third kappa shape index (κ3) is 1.87. The molecule has 22 heavy (non-hydrogen) atoms. The Morgan fingerprint density at radius 1 is 1.36 bits per heavy atom. The summed E-state index contributed by atoms with van der Waals surface area (Å²) in [5, 5.41) is 14.0. The molecule has 6 heteroatoms. The lowest BCUT2D eigenvalue weighted by atomic mass is 9.64. The number of amides is 1. The van der Waals surface area contributed by atoms with Gasteiger partial charge in [-0.15, -0.1) is 0 Å². The van der Waals surface area contributed by atoms with Crippen LogP contribution in [0.5, 0.6) is 0 Å². The zero-order chi connectivity index (χ0) is 16.3. The molecule has 1 heterocycles. The zero-order valence-electron chi connectivity index (χ0n) is 12.9. The van der Waals surface area contributed by atoms with E-state index in [-0.39, 0.29) is 16.7 Å². The maximum absolute atomic E-state index is 13.0. The molecule has 120 valence electrons. The first-order valence-electron chi connectivity index (χ1n) is 7.45. The molecular weight excluding hydrogens is 323 g/mol. The Labute approximate surface area is 140 Å². The molecule has 2 bridgehead atoms. The summed E-state index contributed by atoms with van der Waals surface area (Å²) in [7, 11) is 0. The molecule has 0 aromatic carbocycles. The second-order valence-electron chi connectivity index (χ2n) is 7.28. The van der Waals surface area contributed by atoms with Crippen LogP contribution in [0.15, 0.2) is 12.3 Å². The van der Waals surface area contributed by atoms with Gasteiger partial charge in [-0.2, -0.15) is 0 Å². The number of anilines is 1. The van der Waals surface area contributed by atoms with Crippen molar-refractivity contribution >= 4 is 34.9 Å². The predicted octanol–water partition coefficient (Wildman–Crippen LogP) is 3.90. The lowest BCUT2D eigenvalue weighted by Gasteiger charge is -2.40. The predicted molar refractivity (Wildman–Crippen MR) is 87.1 cm³/mol. The summed E-state index contributed by atoms with van der Waals surface area (Å²) in [4.78, 5) is 17.1. The first kappa shape index (κ1) is 16.0. The second kappa shape index (κ2) is 4.83. The zero-order valence-corrected chi connectivity index (χ0v) is 14.4. The number of carbonyl (C=O) groups is 1. The summed E-state index contributed by atoms with van der Waals surface area (Å²) < 4.78 is 0. The van der Waals surface area contributed by atoms with Crippen LogP contribution in [0.4, 0.5) is 5.82 Å². The molecule has 0 saturated heterocycles. The summed E-state index contributed by atoms with van der Waals surface area (Å²) in [5.41, 5.74) is -1.12. The number of halogens is 2. The van der Waals surface area contributed by atoms with Gasteiger partial charge in [-0.05, 0) is 36.2 Å². The lowest BCUT2D eigenvalue weighted by molar-refractivity contribution is -0.130. The van der Waals surface area contributed by atoms with Gasteiger partial charge >= 0.3 is 0 Å². The van der Waals surface area contributed by atoms with Crippen LogP contribution >= 0.6 is 23.2 Å². The fraction of sp³-hybridized carbons (Fsp3) is 0.625. The summed E-state index contributed by atoms with van der Waals surface area (Å²) >= 11 is 11.9. The molecule has 2 aliphatic carbocycles. The van der Waals surface area contributed by atoms with E-state index in [2.05, 4.69) is 31.1 Å². The van der Waals surface area contributed by atoms with E-state index >= 15 is 0 Å². The molecule has 1 amide bonds. The number of aliphatic hydroxyl groups is 1. The number of carbonyl (C=O) groups excluding carboxylic acids is 1. The normalized spacial score (nSPS) is 35.6. The van der Waals surface area contributed by atoms with Crippen molar-refractivity contribution in [2.24, 2.45) is 16.2 Å². The van der Waals surface area contributed by atoms with Crippen LogP contribution < -0.4 is 5.32 Å². The molecule has 3 rings (SSSR count). The van der Waals surface area contributed by atoms with E-state index < -0.39 is 11.5 Å². The van der Waals surface area contributed by atoms with Crippen molar-refractivity contribution in [3.05, 3.63) is 22.3 Å². The second-order valence-corrected chi connectivity index (χ2v) is 8.13. The Hall–Kier alpha value is -0.840. The van der Waals surface area contributed by atoms with Crippen molar-refractivity contribution in [2.45, 2.75) is 46.1 Å². The van der Waals surface area contributed by atoms with E-state index in [1.54, 1.807) is 6.07 Å². The van der Waals surface area contributed by atoms with Crippen LogP contribution in [0.1, 0.15) is 40.0 Å². The molecule has 1 aromatic heterocycles. The number of hydrogen-bond acceptors (Lipinski definition) is 3. The molecule has 2 aliphatic rings. The van der Waals surface area contributed by atoms with Crippen molar-refractivity contribution in [2.75, 3.05) is 5.32 Å². The van der Waals surface area contributed by atoms with Gasteiger partial charge in [0.25, 0.3) is 0 Å². The van der Waals surface area contributed by atoms with Crippen LogP contribution in [0, 0.1) is 16.2 Å². The monoisotopic (exact) mass is 342 g/mol. The third-order valence-electron chi connectivity index (χ3n) is 6.45. The van der Waals surface area contributed by atoms with Crippen molar-refractivity contribution in [1.82, 2.24) is 4.98 Å². The molecule has 0 radical (unpaired) electrons. The maximum atomic E-state index is 13.0. The highest BCUT2D eigenvalue weighted by Crippen LogP contribution is 2.72. The summed E-state index contributed by atoms with van der Waals surface area (Å²) in [5.74, 6) is 0.200. The SMILES string of the molecule is CC1(C)[C@@]2(C(=O)Nc3ncc(Cl)cc3Cl)CC[C@]1(C)[C@H](O)C2. The molecule has 0 spiro atoms. The third-order valence-corrected chi connectivity index (χ3v) is 6.94. The van der Waals surface area contributed by atoms with Gasteiger partial charge in [0.1, 0.15) is 0 Å². The summed E-state index contributed by atoms with van der Waals surface area (Å²) in [6.07, 6.45) is 3.08. The molecule has 4 nitrogen and oxygen atoms in total. The lowest BCUT2D eigenvalue weighted by Crippen LogP contribution is -2.43. The number of aromatic nitrogens is 1. The van der Waals surface area contributed by atoms with Crippen molar-refractivity contribution in [1.29, 1.82) is 0 Å². The van der Waals surface area contributed by atoms with Crippen LogP contribution in [0.2, 0.25) is 10.0 Å². The Morgan fingerprint density at radius 3 is 2.55 bits per heavy atom. The van der Waals surface area contributed by atoms with Gasteiger partial charge in [-0.25, -0.2) is 4.98 Å². The van der Waals surface area contributed by atoms with Gasteiger partial charge in [0.2, 0.25) is 5.91 Å².